The molecule has 2 aromatic rings. The molecule has 4 heterocycles. The Bertz CT molecular complexity index is 732. The van der Waals surface area contributed by atoms with Crippen LogP contribution in [0, 0.1) is 0 Å². The molecule has 0 spiro atoms. The van der Waals surface area contributed by atoms with Crippen LogP contribution >= 0.6 is 24.0 Å². The van der Waals surface area contributed by atoms with E-state index >= 15 is 0 Å². The first-order valence-electron chi connectivity index (χ1n) is 6.85. The van der Waals surface area contributed by atoms with Gasteiger partial charge in [-0.1, -0.05) is 0 Å². The van der Waals surface area contributed by atoms with Gasteiger partial charge in [0.05, 0.1) is 16.6 Å². The van der Waals surface area contributed by atoms with Crippen LogP contribution in [0.2, 0.25) is 0 Å². The Balaban J connectivity index is 1.69. The Hall–Kier alpha value is -1.06. The normalized spacial score (nSPS) is 28.0. The molecule has 2 aliphatic rings. The van der Waals surface area contributed by atoms with Crippen molar-refractivity contribution >= 4 is 40.0 Å². The van der Waals surface area contributed by atoms with Crippen LogP contribution in [0.5, 0.6) is 0 Å². The highest BCUT2D eigenvalue weighted by Crippen LogP contribution is 2.39. The summed E-state index contributed by atoms with van der Waals surface area (Å²) >= 11 is 5.78. The van der Waals surface area contributed by atoms with Crippen molar-refractivity contribution in [2.45, 2.75) is 23.4 Å². The van der Waals surface area contributed by atoms with E-state index in [9.17, 15) is 13.2 Å². The molecule has 1 N–H and O–H groups in total. The van der Waals surface area contributed by atoms with Crippen LogP contribution in [-0.2, 0) is 6.42 Å². The van der Waals surface area contributed by atoms with Crippen LogP contribution in [0.25, 0.3) is 10.2 Å². The van der Waals surface area contributed by atoms with Gasteiger partial charge in [0.25, 0.3) is 0 Å². The molecule has 2 aliphatic heterocycles. The minimum Gasteiger partial charge on any atom is -0.353 e. The number of fused-ring (bicyclic) bond motifs is 2. The zero-order valence-corrected chi connectivity index (χ0v) is 13.1. The van der Waals surface area contributed by atoms with Crippen molar-refractivity contribution in [2.75, 3.05) is 24.5 Å². The molecule has 118 valence electrons. The summed E-state index contributed by atoms with van der Waals surface area (Å²) in [6, 6.07) is 1.87. The van der Waals surface area contributed by atoms with Crippen molar-refractivity contribution in [3.63, 3.8) is 0 Å². The fourth-order valence-electron chi connectivity index (χ4n) is 3.09. The maximum atomic E-state index is 12.6. The Morgan fingerprint density at radius 3 is 2.86 bits per heavy atom. The third-order valence-corrected chi connectivity index (χ3v) is 5.86. The smallest absolute Gasteiger partial charge is 0.353 e. The number of nitrogens with one attached hydrogen (secondary N) is 1. The van der Waals surface area contributed by atoms with Gasteiger partial charge >= 0.3 is 6.18 Å². The predicted octanol–water partition coefficient (Wildman–Crippen LogP) is 2.26. The van der Waals surface area contributed by atoms with Gasteiger partial charge in [-0.05, 0) is 6.07 Å². The standard InChI is InChI=1S/C13H13F3N4S2/c14-13(15,16)2-7-1-8-10(18-6-19-11(8)22-7)20-3-9-12(21,5-20)4-17-9/h1,6,9,17,21H,2-5H2/t9-,12-/m1/s1. The lowest BCUT2D eigenvalue weighted by atomic mass is 9.94. The molecule has 0 saturated carbocycles. The van der Waals surface area contributed by atoms with E-state index in [4.69, 9.17) is 12.6 Å². The second-order valence-electron chi connectivity index (χ2n) is 5.84. The van der Waals surface area contributed by atoms with E-state index in [0.717, 1.165) is 31.0 Å². The summed E-state index contributed by atoms with van der Waals surface area (Å²) < 4.78 is 37.7. The summed E-state index contributed by atoms with van der Waals surface area (Å²) in [6.07, 6.45) is -3.71. The lowest BCUT2D eigenvalue weighted by Gasteiger charge is -2.40. The molecule has 0 aliphatic carbocycles. The minimum absolute atomic E-state index is 0.0674. The molecule has 2 aromatic heterocycles. The first-order valence-corrected chi connectivity index (χ1v) is 8.11. The van der Waals surface area contributed by atoms with Crippen molar-refractivity contribution in [1.82, 2.24) is 15.3 Å². The Labute approximate surface area is 134 Å². The molecule has 2 fully saturated rings. The number of thiophene rings is 1. The quantitative estimate of drug-likeness (QED) is 0.819. The van der Waals surface area contributed by atoms with E-state index in [-0.39, 0.29) is 9.62 Å². The molecule has 0 radical (unpaired) electrons. The molecule has 9 heteroatoms. The van der Waals surface area contributed by atoms with Gasteiger partial charge in [0, 0.05) is 30.6 Å². The third-order valence-electron chi connectivity index (χ3n) is 4.20. The topological polar surface area (TPSA) is 41.0 Å². The van der Waals surface area contributed by atoms with Crippen LogP contribution in [0.15, 0.2) is 12.4 Å². The number of thiol groups is 1. The van der Waals surface area contributed by atoms with Crippen molar-refractivity contribution in [3.8, 4) is 0 Å². The largest absolute Gasteiger partial charge is 0.393 e. The van der Waals surface area contributed by atoms with Gasteiger partial charge in [-0.3, -0.25) is 0 Å². The molecule has 0 aromatic carbocycles. The molecule has 0 unspecified atom stereocenters. The molecular formula is C13H13F3N4S2. The van der Waals surface area contributed by atoms with Crippen molar-refractivity contribution < 1.29 is 13.2 Å². The van der Waals surface area contributed by atoms with Crippen molar-refractivity contribution in [3.05, 3.63) is 17.3 Å². The maximum absolute atomic E-state index is 12.6. The van der Waals surface area contributed by atoms with Gasteiger partial charge in [0.15, 0.2) is 0 Å². The van der Waals surface area contributed by atoms with Crippen LogP contribution in [0.4, 0.5) is 19.0 Å². The fourth-order valence-corrected chi connectivity index (χ4v) is 4.54. The number of aromatic nitrogens is 2. The van der Waals surface area contributed by atoms with E-state index in [0.29, 0.717) is 22.1 Å². The Morgan fingerprint density at radius 2 is 2.27 bits per heavy atom. The first kappa shape index (κ1) is 14.5. The highest BCUT2D eigenvalue weighted by molar-refractivity contribution is 7.82. The second-order valence-corrected chi connectivity index (χ2v) is 7.84. The van der Waals surface area contributed by atoms with Gasteiger partial charge in [0.2, 0.25) is 0 Å². The molecule has 4 rings (SSSR count). The molecular weight excluding hydrogens is 333 g/mol. The summed E-state index contributed by atoms with van der Waals surface area (Å²) in [5.74, 6) is 0.708. The number of hydrogen-bond donors (Lipinski definition) is 2. The summed E-state index contributed by atoms with van der Waals surface area (Å²) in [5.41, 5.74) is 0. The summed E-state index contributed by atoms with van der Waals surface area (Å²) in [6.45, 7) is 2.35. The van der Waals surface area contributed by atoms with E-state index in [1.54, 1.807) is 6.07 Å². The lowest BCUT2D eigenvalue weighted by molar-refractivity contribution is -0.126. The number of halogens is 3. The number of rotatable bonds is 2. The van der Waals surface area contributed by atoms with Gasteiger partial charge in [-0.25, -0.2) is 9.97 Å². The number of alkyl halides is 3. The number of nitrogens with zero attached hydrogens (tertiary/aromatic N) is 3. The van der Waals surface area contributed by atoms with E-state index in [2.05, 4.69) is 20.2 Å². The van der Waals surface area contributed by atoms with Crippen molar-refractivity contribution in [2.24, 2.45) is 0 Å². The average Bonchev–Trinajstić information content (AvgIpc) is 2.90. The van der Waals surface area contributed by atoms with E-state index < -0.39 is 12.6 Å². The van der Waals surface area contributed by atoms with Gasteiger partial charge < -0.3 is 10.2 Å². The Morgan fingerprint density at radius 1 is 1.45 bits per heavy atom. The molecule has 4 nitrogen and oxygen atoms in total. The molecule has 2 atom stereocenters. The fraction of sp³-hybridized carbons (Fsp3) is 0.538. The summed E-state index contributed by atoms with van der Waals surface area (Å²) in [5, 5.41) is 4.02. The summed E-state index contributed by atoms with van der Waals surface area (Å²) in [7, 11) is 0. The highest BCUT2D eigenvalue weighted by atomic mass is 32.1. The van der Waals surface area contributed by atoms with E-state index in [1.165, 1.54) is 6.33 Å². The predicted molar refractivity (Wildman–Crippen MR) is 82.9 cm³/mol. The first-order chi connectivity index (χ1) is 10.3. The van der Waals surface area contributed by atoms with Crippen molar-refractivity contribution in [1.29, 1.82) is 0 Å². The SMILES string of the molecule is FC(F)(F)Cc1cc2c(N3C[C@H]4NC[C@@]4(S)C3)ncnc2s1. The minimum atomic E-state index is -4.21. The number of anilines is 1. The molecule has 22 heavy (non-hydrogen) atoms. The van der Waals surface area contributed by atoms with Crippen LogP contribution < -0.4 is 10.2 Å². The lowest BCUT2D eigenvalue weighted by Crippen LogP contribution is -2.63. The Kier molecular flexibility index (Phi) is 3.11. The van der Waals surface area contributed by atoms with Gasteiger partial charge in [0.1, 0.15) is 17.0 Å². The molecule has 0 amide bonds. The highest BCUT2D eigenvalue weighted by Gasteiger charge is 2.51. The number of hydrogen-bond acceptors (Lipinski definition) is 6. The van der Waals surface area contributed by atoms with Crippen LogP contribution in [0.3, 0.4) is 0 Å². The molecule has 0 bridgehead atoms. The van der Waals surface area contributed by atoms with Gasteiger partial charge in [-0.2, -0.15) is 25.8 Å². The zero-order chi connectivity index (χ0) is 15.5. The monoisotopic (exact) mass is 346 g/mol. The van der Waals surface area contributed by atoms with Crippen LogP contribution in [-0.4, -0.2) is 46.6 Å². The average molecular weight is 346 g/mol. The van der Waals surface area contributed by atoms with E-state index in [1.807, 2.05) is 0 Å². The van der Waals surface area contributed by atoms with Crippen LogP contribution in [0.1, 0.15) is 4.88 Å². The zero-order valence-electron chi connectivity index (χ0n) is 11.4. The third kappa shape index (κ3) is 2.35. The summed E-state index contributed by atoms with van der Waals surface area (Å²) in [4.78, 5) is 11.4. The van der Waals surface area contributed by atoms with Gasteiger partial charge in [-0.15, -0.1) is 11.3 Å². The maximum Gasteiger partial charge on any atom is 0.393 e. The molecule has 2 saturated heterocycles. The second kappa shape index (κ2) is 4.72.